The van der Waals surface area contributed by atoms with Crippen LogP contribution in [0.25, 0.3) is 0 Å². The summed E-state index contributed by atoms with van der Waals surface area (Å²) in [5.74, 6) is -2.60. The van der Waals surface area contributed by atoms with Crippen molar-refractivity contribution in [3.63, 3.8) is 0 Å². The average Bonchev–Trinajstić information content (AvgIpc) is 2.47. The summed E-state index contributed by atoms with van der Waals surface area (Å²) in [6.07, 6.45) is 0. The summed E-state index contributed by atoms with van der Waals surface area (Å²) in [5, 5.41) is 9.23. The number of hydrogen-bond donors (Lipinski definition) is 2. The molecule has 0 amide bonds. The summed E-state index contributed by atoms with van der Waals surface area (Å²) >= 11 is 0. The van der Waals surface area contributed by atoms with Crippen molar-refractivity contribution in [2.75, 3.05) is 11.9 Å². The van der Waals surface area contributed by atoms with Crippen LogP contribution >= 0.6 is 0 Å². The summed E-state index contributed by atoms with van der Waals surface area (Å²) in [6, 6.07) is -0.0398. The van der Waals surface area contributed by atoms with Crippen molar-refractivity contribution in [3.05, 3.63) is 5.89 Å². The molecule has 3 N–H and O–H groups in total. The standard InChI is InChI=1S/C6H10F2N4O/c1-6(7,8)3-10-5-12-11-4(2-9)13-5/h2-3,9H2,1H3,(H,10,12). The largest absolute Gasteiger partial charge is 0.407 e. The quantitative estimate of drug-likeness (QED) is 0.730. The van der Waals surface area contributed by atoms with Crippen molar-refractivity contribution in [2.45, 2.75) is 19.4 Å². The summed E-state index contributed by atoms with van der Waals surface area (Å²) in [4.78, 5) is 0. The van der Waals surface area contributed by atoms with Gasteiger partial charge in [-0.2, -0.15) is 0 Å². The first-order valence-electron chi connectivity index (χ1n) is 3.65. The molecule has 1 aromatic rings. The van der Waals surface area contributed by atoms with Crippen molar-refractivity contribution in [1.29, 1.82) is 0 Å². The number of hydrogen-bond acceptors (Lipinski definition) is 5. The van der Waals surface area contributed by atoms with Crippen LogP contribution < -0.4 is 11.1 Å². The van der Waals surface area contributed by atoms with Gasteiger partial charge in [0.1, 0.15) is 0 Å². The Kier molecular flexibility index (Phi) is 2.76. The minimum absolute atomic E-state index is 0.0398. The van der Waals surface area contributed by atoms with Crippen LogP contribution in [0.1, 0.15) is 12.8 Å². The van der Waals surface area contributed by atoms with Gasteiger partial charge in [-0.05, 0) is 0 Å². The van der Waals surface area contributed by atoms with Crippen molar-refractivity contribution >= 4 is 6.01 Å². The first-order chi connectivity index (χ1) is 6.01. The van der Waals surface area contributed by atoms with Gasteiger partial charge in [0.05, 0.1) is 13.1 Å². The predicted octanol–water partition coefficient (Wildman–Crippen LogP) is 0.595. The first kappa shape index (κ1) is 9.85. The van der Waals surface area contributed by atoms with Crippen molar-refractivity contribution in [3.8, 4) is 0 Å². The molecule has 0 aliphatic rings. The monoisotopic (exact) mass is 192 g/mol. The molecule has 0 aliphatic carbocycles. The maximum Gasteiger partial charge on any atom is 0.315 e. The van der Waals surface area contributed by atoms with Gasteiger partial charge in [-0.1, -0.05) is 5.10 Å². The van der Waals surface area contributed by atoms with Crippen LogP contribution in [-0.2, 0) is 6.54 Å². The topological polar surface area (TPSA) is 77.0 Å². The third kappa shape index (κ3) is 3.32. The second-order valence-electron chi connectivity index (χ2n) is 2.63. The van der Waals surface area contributed by atoms with Crippen molar-refractivity contribution < 1.29 is 13.2 Å². The fraction of sp³-hybridized carbons (Fsp3) is 0.667. The van der Waals surface area contributed by atoms with Crippen LogP contribution in [0.2, 0.25) is 0 Å². The van der Waals surface area contributed by atoms with E-state index in [1.807, 2.05) is 0 Å². The third-order valence-corrected chi connectivity index (χ3v) is 1.19. The molecule has 5 nitrogen and oxygen atoms in total. The highest BCUT2D eigenvalue weighted by molar-refractivity contribution is 5.17. The van der Waals surface area contributed by atoms with Crippen LogP contribution in [0.15, 0.2) is 4.42 Å². The second kappa shape index (κ2) is 3.65. The molecule has 1 heterocycles. The maximum absolute atomic E-state index is 12.3. The molecule has 0 atom stereocenters. The molecule has 74 valence electrons. The number of nitrogens with one attached hydrogen (secondary N) is 1. The number of anilines is 1. The summed E-state index contributed by atoms with van der Waals surface area (Å²) in [7, 11) is 0. The fourth-order valence-electron chi connectivity index (χ4n) is 0.638. The number of halogens is 2. The van der Waals surface area contributed by atoms with Crippen LogP contribution in [0.5, 0.6) is 0 Å². The molecule has 0 bridgehead atoms. The van der Waals surface area contributed by atoms with Gasteiger partial charge in [0.25, 0.3) is 5.92 Å². The minimum atomic E-state index is -2.81. The van der Waals surface area contributed by atoms with E-state index in [1.54, 1.807) is 0 Å². The molecule has 0 saturated carbocycles. The molecule has 1 rings (SSSR count). The highest BCUT2D eigenvalue weighted by Gasteiger charge is 2.21. The zero-order chi connectivity index (χ0) is 9.90. The summed E-state index contributed by atoms with van der Waals surface area (Å²) in [6.45, 7) is 0.344. The lowest BCUT2D eigenvalue weighted by molar-refractivity contribution is 0.0362. The number of rotatable bonds is 4. The Morgan fingerprint density at radius 3 is 2.69 bits per heavy atom. The molecule has 13 heavy (non-hydrogen) atoms. The average molecular weight is 192 g/mol. The Bertz CT molecular complexity index is 270. The molecule has 0 aliphatic heterocycles. The second-order valence-corrected chi connectivity index (χ2v) is 2.63. The van der Waals surface area contributed by atoms with Crippen molar-refractivity contribution in [2.24, 2.45) is 5.73 Å². The van der Waals surface area contributed by atoms with E-state index in [-0.39, 0.29) is 18.5 Å². The first-order valence-corrected chi connectivity index (χ1v) is 3.65. The highest BCUT2D eigenvalue weighted by atomic mass is 19.3. The molecule has 0 unspecified atom stereocenters. The predicted molar refractivity (Wildman–Crippen MR) is 41.3 cm³/mol. The van der Waals surface area contributed by atoms with E-state index in [0.717, 1.165) is 6.92 Å². The van der Waals surface area contributed by atoms with Crippen LogP contribution in [0, 0.1) is 0 Å². The lowest BCUT2D eigenvalue weighted by Gasteiger charge is -2.08. The van der Waals surface area contributed by atoms with E-state index in [4.69, 9.17) is 10.2 Å². The van der Waals surface area contributed by atoms with Gasteiger partial charge in [-0.25, -0.2) is 8.78 Å². The summed E-state index contributed by atoms with van der Waals surface area (Å²) in [5.41, 5.74) is 5.17. The molecule has 1 aromatic heterocycles. The Morgan fingerprint density at radius 2 is 2.23 bits per heavy atom. The van der Waals surface area contributed by atoms with Crippen molar-refractivity contribution in [1.82, 2.24) is 10.2 Å². The van der Waals surface area contributed by atoms with E-state index in [9.17, 15) is 8.78 Å². The van der Waals surface area contributed by atoms with Gasteiger partial charge in [0.2, 0.25) is 5.89 Å². The zero-order valence-electron chi connectivity index (χ0n) is 7.05. The Balaban J connectivity index is 2.46. The van der Waals surface area contributed by atoms with Gasteiger partial charge in [-0.15, -0.1) is 5.10 Å². The number of nitrogens with two attached hydrogens (primary N) is 1. The maximum atomic E-state index is 12.3. The molecule has 0 aromatic carbocycles. The summed E-state index contributed by atoms with van der Waals surface area (Å²) < 4.78 is 29.5. The van der Waals surface area contributed by atoms with Gasteiger partial charge in [-0.3, -0.25) is 0 Å². The Hall–Kier alpha value is -1.24. The molecule has 0 radical (unpaired) electrons. The highest BCUT2D eigenvalue weighted by Crippen LogP contribution is 2.13. The van der Waals surface area contributed by atoms with E-state index >= 15 is 0 Å². The number of nitrogens with zero attached hydrogens (tertiary/aromatic N) is 2. The van der Waals surface area contributed by atoms with Gasteiger partial charge >= 0.3 is 6.01 Å². The number of alkyl halides is 2. The van der Waals surface area contributed by atoms with E-state index < -0.39 is 12.5 Å². The lowest BCUT2D eigenvalue weighted by Crippen LogP contribution is -2.22. The lowest BCUT2D eigenvalue weighted by atomic mass is 10.4. The number of aromatic nitrogens is 2. The molecular formula is C6H10F2N4O. The molecule has 0 saturated heterocycles. The Morgan fingerprint density at radius 1 is 1.54 bits per heavy atom. The Labute approximate surface area is 73.3 Å². The van der Waals surface area contributed by atoms with Crippen LogP contribution in [-0.4, -0.2) is 22.7 Å². The van der Waals surface area contributed by atoms with Crippen LogP contribution in [0.3, 0.4) is 0 Å². The SMILES string of the molecule is CC(F)(F)CNc1nnc(CN)o1. The minimum Gasteiger partial charge on any atom is -0.407 e. The molecule has 0 fully saturated rings. The van der Waals surface area contributed by atoms with Gasteiger partial charge in [0, 0.05) is 6.92 Å². The fourth-order valence-corrected chi connectivity index (χ4v) is 0.638. The normalized spacial score (nSPS) is 11.7. The molecule has 7 heteroatoms. The van der Waals surface area contributed by atoms with E-state index in [1.165, 1.54) is 0 Å². The van der Waals surface area contributed by atoms with E-state index in [0.29, 0.717) is 0 Å². The zero-order valence-corrected chi connectivity index (χ0v) is 7.05. The smallest absolute Gasteiger partial charge is 0.315 e. The van der Waals surface area contributed by atoms with E-state index in [2.05, 4.69) is 15.5 Å². The molecule has 0 spiro atoms. The molecular weight excluding hydrogens is 182 g/mol. The third-order valence-electron chi connectivity index (χ3n) is 1.19. The van der Waals surface area contributed by atoms with Crippen LogP contribution in [0.4, 0.5) is 14.8 Å². The van der Waals surface area contributed by atoms with Gasteiger partial charge < -0.3 is 15.5 Å². The van der Waals surface area contributed by atoms with Gasteiger partial charge in [0.15, 0.2) is 0 Å².